The van der Waals surface area contributed by atoms with E-state index in [-0.39, 0.29) is 24.0 Å². The smallest absolute Gasteiger partial charge is 0.229 e. The molecular weight excluding hydrogens is 312 g/mol. The van der Waals surface area contributed by atoms with Gasteiger partial charge in [0.25, 0.3) is 0 Å². The molecule has 128 valence electrons. The lowest BCUT2D eigenvalue weighted by molar-refractivity contribution is -0.121. The minimum absolute atomic E-state index is 0.0320. The maximum Gasteiger partial charge on any atom is 0.229 e. The highest BCUT2D eigenvalue weighted by molar-refractivity contribution is 7.13. The molecule has 1 aromatic heterocycles. The Balaban J connectivity index is 1.52. The number of hydrogen-bond acceptors (Lipinski definition) is 6. The van der Waals surface area contributed by atoms with Crippen molar-refractivity contribution in [1.29, 1.82) is 0 Å². The molecule has 2 aliphatic rings. The maximum absolute atomic E-state index is 12.2. The molecule has 0 aliphatic carbocycles. The summed E-state index contributed by atoms with van der Waals surface area (Å²) in [5.41, 5.74) is 1.02. The van der Waals surface area contributed by atoms with Crippen LogP contribution in [0.1, 0.15) is 26.5 Å². The first-order valence-corrected chi connectivity index (χ1v) is 9.23. The zero-order chi connectivity index (χ0) is 16.4. The maximum atomic E-state index is 12.2. The summed E-state index contributed by atoms with van der Waals surface area (Å²) in [6, 6.07) is 0. The van der Waals surface area contributed by atoms with Crippen LogP contribution in [0.3, 0.4) is 0 Å². The van der Waals surface area contributed by atoms with Crippen LogP contribution in [0.5, 0.6) is 0 Å². The van der Waals surface area contributed by atoms with Gasteiger partial charge in [-0.25, -0.2) is 4.98 Å². The van der Waals surface area contributed by atoms with Crippen molar-refractivity contribution in [3.05, 3.63) is 11.1 Å². The first-order chi connectivity index (χ1) is 11.0. The quantitative estimate of drug-likeness (QED) is 0.853. The van der Waals surface area contributed by atoms with Gasteiger partial charge in [0.1, 0.15) is 0 Å². The number of carbonyl (C=O) groups is 1. The first-order valence-electron chi connectivity index (χ1n) is 8.35. The molecule has 1 amide bonds. The number of amides is 1. The second-order valence-electron chi connectivity index (χ2n) is 6.79. The molecule has 0 radical (unpaired) electrons. The van der Waals surface area contributed by atoms with E-state index in [4.69, 9.17) is 4.74 Å². The number of morpholine rings is 1. The third kappa shape index (κ3) is 4.29. The highest BCUT2D eigenvalue weighted by Gasteiger charge is 2.29. The number of carbonyl (C=O) groups excluding carboxylic acids is 1. The van der Waals surface area contributed by atoms with E-state index >= 15 is 0 Å². The van der Waals surface area contributed by atoms with E-state index in [1.165, 1.54) is 11.3 Å². The fraction of sp³-hybridized carbons (Fsp3) is 0.750. The van der Waals surface area contributed by atoms with Crippen LogP contribution in [-0.4, -0.2) is 54.2 Å². The second kappa shape index (κ2) is 7.25. The van der Waals surface area contributed by atoms with E-state index < -0.39 is 0 Å². The zero-order valence-corrected chi connectivity index (χ0v) is 14.9. The number of hydrogen-bond donors (Lipinski definition) is 2. The predicted molar refractivity (Wildman–Crippen MR) is 91.6 cm³/mol. The third-order valence-electron chi connectivity index (χ3n) is 4.60. The molecule has 23 heavy (non-hydrogen) atoms. The molecule has 6 nitrogen and oxygen atoms in total. The van der Waals surface area contributed by atoms with E-state index in [0.29, 0.717) is 11.0 Å². The lowest BCUT2D eigenvalue weighted by Crippen LogP contribution is -2.48. The molecule has 3 unspecified atom stereocenters. The van der Waals surface area contributed by atoms with E-state index in [9.17, 15) is 4.79 Å². The number of rotatable bonds is 5. The average molecular weight is 338 g/mol. The Morgan fingerprint density at radius 3 is 2.78 bits per heavy atom. The number of aromatic nitrogens is 1. The zero-order valence-electron chi connectivity index (χ0n) is 14.0. The predicted octanol–water partition coefficient (Wildman–Crippen LogP) is 1.55. The third-order valence-corrected chi connectivity index (χ3v) is 5.40. The molecule has 3 rings (SSSR count). The summed E-state index contributed by atoms with van der Waals surface area (Å²) >= 11 is 1.51. The summed E-state index contributed by atoms with van der Waals surface area (Å²) in [5, 5.41) is 8.92. The Kier molecular flexibility index (Phi) is 5.31. The molecule has 0 spiro atoms. The summed E-state index contributed by atoms with van der Waals surface area (Å²) in [6.07, 6.45) is 0.516. The standard InChI is InChI=1S/C16H26N4O2S/c1-10-6-20(7-11(2)22-10)8-14-9-23-16(18-14)19-15(21)12(3)13-4-17-5-13/h9-13,17H,4-8H2,1-3H3,(H,18,19,21). The summed E-state index contributed by atoms with van der Waals surface area (Å²) in [6.45, 7) is 10.7. The molecule has 1 aromatic rings. The highest BCUT2D eigenvalue weighted by Crippen LogP contribution is 2.22. The van der Waals surface area contributed by atoms with Crippen molar-refractivity contribution in [3.8, 4) is 0 Å². The van der Waals surface area contributed by atoms with Gasteiger partial charge in [-0.3, -0.25) is 9.69 Å². The van der Waals surface area contributed by atoms with E-state index in [1.807, 2.05) is 12.3 Å². The van der Waals surface area contributed by atoms with Crippen LogP contribution < -0.4 is 10.6 Å². The van der Waals surface area contributed by atoms with E-state index in [2.05, 4.69) is 34.4 Å². The van der Waals surface area contributed by atoms with Crippen molar-refractivity contribution in [1.82, 2.24) is 15.2 Å². The van der Waals surface area contributed by atoms with Gasteiger partial charge in [-0.2, -0.15) is 0 Å². The van der Waals surface area contributed by atoms with Gasteiger partial charge in [0.05, 0.1) is 17.9 Å². The first kappa shape index (κ1) is 16.8. The van der Waals surface area contributed by atoms with Crippen molar-refractivity contribution < 1.29 is 9.53 Å². The topological polar surface area (TPSA) is 66.5 Å². The number of thiazole rings is 1. The van der Waals surface area contributed by atoms with Crippen molar-refractivity contribution in [3.63, 3.8) is 0 Å². The fourth-order valence-electron chi connectivity index (χ4n) is 3.18. The Morgan fingerprint density at radius 1 is 1.48 bits per heavy atom. The normalized spacial score (nSPS) is 27.4. The van der Waals surface area contributed by atoms with Crippen molar-refractivity contribution in [2.45, 2.75) is 39.5 Å². The highest BCUT2D eigenvalue weighted by atomic mass is 32.1. The summed E-state index contributed by atoms with van der Waals surface area (Å²) in [4.78, 5) is 19.2. The molecule has 2 saturated heterocycles. The molecule has 3 heterocycles. The minimum atomic E-state index is 0.0320. The monoisotopic (exact) mass is 338 g/mol. The van der Waals surface area contributed by atoms with Crippen LogP contribution in [0.2, 0.25) is 0 Å². The van der Waals surface area contributed by atoms with Crippen LogP contribution in [0, 0.1) is 11.8 Å². The van der Waals surface area contributed by atoms with Crippen molar-refractivity contribution >= 4 is 22.4 Å². The Labute approximate surface area is 141 Å². The fourth-order valence-corrected chi connectivity index (χ4v) is 3.88. The molecule has 0 bridgehead atoms. The summed E-state index contributed by atoms with van der Waals surface area (Å²) in [5.74, 6) is 0.557. The number of nitrogens with one attached hydrogen (secondary N) is 2. The van der Waals surface area contributed by atoms with Crippen LogP contribution in [0.15, 0.2) is 5.38 Å². The molecule has 2 N–H and O–H groups in total. The number of anilines is 1. The van der Waals surface area contributed by atoms with Crippen molar-refractivity contribution in [2.75, 3.05) is 31.5 Å². The summed E-state index contributed by atoms with van der Waals surface area (Å²) in [7, 11) is 0. The van der Waals surface area contributed by atoms with Gasteiger partial charge in [0, 0.05) is 30.9 Å². The molecular formula is C16H26N4O2S. The van der Waals surface area contributed by atoms with Gasteiger partial charge >= 0.3 is 0 Å². The van der Waals surface area contributed by atoms with E-state index in [1.54, 1.807) is 0 Å². The molecule has 2 fully saturated rings. The van der Waals surface area contributed by atoms with Gasteiger partial charge in [0.15, 0.2) is 5.13 Å². The Hall–Kier alpha value is -1.02. The lowest BCUT2D eigenvalue weighted by Gasteiger charge is -2.34. The van der Waals surface area contributed by atoms with Crippen LogP contribution >= 0.6 is 11.3 Å². The number of nitrogens with zero attached hydrogens (tertiary/aromatic N) is 2. The van der Waals surface area contributed by atoms with E-state index in [0.717, 1.165) is 38.4 Å². The van der Waals surface area contributed by atoms with Crippen molar-refractivity contribution in [2.24, 2.45) is 11.8 Å². The molecule has 7 heteroatoms. The molecule has 2 aliphatic heterocycles. The Bertz CT molecular complexity index is 536. The Morgan fingerprint density at radius 2 is 2.17 bits per heavy atom. The van der Waals surface area contributed by atoms with Gasteiger partial charge in [0.2, 0.25) is 5.91 Å². The second-order valence-corrected chi connectivity index (χ2v) is 7.65. The summed E-state index contributed by atoms with van der Waals surface area (Å²) < 4.78 is 5.76. The largest absolute Gasteiger partial charge is 0.373 e. The SMILES string of the molecule is CC1CN(Cc2csc(NC(=O)C(C)C3CNC3)n2)CC(C)O1. The molecule has 0 saturated carbocycles. The van der Waals surface area contributed by atoms with Gasteiger partial charge < -0.3 is 15.4 Å². The minimum Gasteiger partial charge on any atom is -0.373 e. The average Bonchev–Trinajstić information content (AvgIpc) is 2.82. The van der Waals surface area contributed by atoms with Crippen LogP contribution in [-0.2, 0) is 16.1 Å². The van der Waals surface area contributed by atoms with Gasteiger partial charge in [-0.15, -0.1) is 11.3 Å². The lowest BCUT2D eigenvalue weighted by atomic mass is 9.88. The van der Waals surface area contributed by atoms with Crippen LogP contribution in [0.4, 0.5) is 5.13 Å². The molecule has 0 aromatic carbocycles. The molecule has 3 atom stereocenters. The van der Waals surface area contributed by atoms with Gasteiger partial charge in [-0.1, -0.05) is 6.92 Å². The van der Waals surface area contributed by atoms with Crippen LogP contribution in [0.25, 0.3) is 0 Å². The number of ether oxygens (including phenoxy) is 1. The van der Waals surface area contributed by atoms with Gasteiger partial charge in [-0.05, 0) is 32.9 Å².